The Morgan fingerprint density at radius 1 is 1.28 bits per heavy atom. The fourth-order valence-electron chi connectivity index (χ4n) is 2.98. The highest BCUT2D eigenvalue weighted by atomic mass is 79.9. The lowest BCUT2D eigenvalue weighted by Crippen LogP contribution is -2.51. The van der Waals surface area contributed by atoms with Gasteiger partial charge in [0.05, 0.1) is 12.1 Å². The lowest BCUT2D eigenvalue weighted by atomic mass is 10.3. The van der Waals surface area contributed by atoms with E-state index < -0.39 is 0 Å². The predicted molar refractivity (Wildman–Crippen MR) is 96.6 cm³/mol. The Kier molecular flexibility index (Phi) is 5.17. The van der Waals surface area contributed by atoms with Gasteiger partial charge < -0.3 is 23.5 Å². The third-order valence-electron chi connectivity index (χ3n) is 4.18. The predicted octanol–water partition coefficient (Wildman–Crippen LogP) is 3.10. The van der Waals surface area contributed by atoms with Gasteiger partial charge in [-0.2, -0.15) is 0 Å². The van der Waals surface area contributed by atoms with Crippen LogP contribution in [0.25, 0.3) is 11.1 Å². The number of halogens is 1. The molecule has 3 rings (SSSR count). The van der Waals surface area contributed by atoms with Crippen molar-refractivity contribution in [1.82, 2.24) is 14.4 Å². The highest BCUT2D eigenvalue weighted by Crippen LogP contribution is 2.28. The molecule has 0 spiro atoms. The van der Waals surface area contributed by atoms with E-state index in [-0.39, 0.29) is 12.0 Å². The maximum atomic E-state index is 12.9. The molecular weight excluding hydrogens is 390 g/mol. The van der Waals surface area contributed by atoms with Gasteiger partial charge in [0.1, 0.15) is 5.69 Å². The van der Waals surface area contributed by atoms with Crippen molar-refractivity contribution in [3.8, 4) is 0 Å². The van der Waals surface area contributed by atoms with E-state index in [1.807, 2.05) is 10.6 Å². The van der Waals surface area contributed by atoms with Crippen molar-refractivity contribution < 1.29 is 18.7 Å². The molecule has 1 fully saturated rings. The molecule has 0 unspecified atom stereocenters. The topological polar surface area (TPSA) is 67.9 Å². The van der Waals surface area contributed by atoms with Gasteiger partial charge in [-0.25, -0.2) is 4.79 Å². The quantitative estimate of drug-likeness (QED) is 0.727. The van der Waals surface area contributed by atoms with E-state index >= 15 is 0 Å². The van der Waals surface area contributed by atoms with Crippen molar-refractivity contribution in [1.29, 1.82) is 0 Å². The van der Waals surface area contributed by atoms with Gasteiger partial charge in [0.15, 0.2) is 10.3 Å². The number of ether oxygens (including phenoxy) is 1. The molecule has 2 aromatic rings. The minimum absolute atomic E-state index is 0.0760. The van der Waals surface area contributed by atoms with Gasteiger partial charge >= 0.3 is 6.09 Å². The largest absolute Gasteiger partial charge is 0.450 e. The first kappa shape index (κ1) is 17.6. The molecule has 0 aromatic carbocycles. The van der Waals surface area contributed by atoms with Gasteiger partial charge in [-0.1, -0.05) is 6.08 Å². The minimum Gasteiger partial charge on any atom is -0.450 e. The molecule has 7 nitrogen and oxygen atoms in total. The van der Waals surface area contributed by atoms with Crippen LogP contribution in [-0.2, 0) is 11.3 Å². The third kappa shape index (κ3) is 3.44. The van der Waals surface area contributed by atoms with Crippen molar-refractivity contribution in [2.75, 3.05) is 32.8 Å². The average molecular weight is 410 g/mol. The maximum Gasteiger partial charge on any atom is 0.409 e. The summed E-state index contributed by atoms with van der Waals surface area (Å²) in [6, 6.07) is 3.60. The molecule has 134 valence electrons. The summed E-state index contributed by atoms with van der Waals surface area (Å²) >= 11 is 3.31. The minimum atomic E-state index is -0.327. The highest BCUT2D eigenvalue weighted by molar-refractivity contribution is 9.10. The van der Waals surface area contributed by atoms with Gasteiger partial charge in [0.2, 0.25) is 0 Å². The Labute approximate surface area is 153 Å². The van der Waals surface area contributed by atoms with Crippen LogP contribution in [0.3, 0.4) is 0 Å². The van der Waals surface area contributed by atoms with Gasteiger partial charge in [-0.3, -0.25) is 4.79 Å². The molecule has 8 heteroatoms. The molecule has 0 bridgehead atoms. The van der Waals surface area contributed by atoms with Crippen LogP contribution >= 0.6 is 15.9 Å². The van der Waals surface area contributed by atoms with Crippen molar-refractivity contribution in [3.05, 3.63) is 35.2 Å². The molecule has 1 aliphatic heterocycles. The van der Waals surface area contributed by atoms with Crippen LogP contribution in [0, 0.1) is 0 Å². The Morgan fingerprint density at radius 3 is 2.60 bits per heavy atom. The molecule has 1 saturated heterocycles. The van der Waals surface area contributed by atoms with E-state index in [9.17, 15) is 9.59 Å². The first-order valence-electron chi connectivity index (χ1n) is 8.15. The number of hydrogen-bond donors (Lipinski definition) is 0. The number of carbonyl (C=O) groups excluding carboxylic acids is 2. The third-order valence-corrected chi connectivity index (χ3v) is 4.57. The first-order chi connectivity index (χ1) is 12.0. The van der Waals surface area contributed by atoms with E-state index in [1.54, 1.807) is 28.9 Å². The summed E-state index contributed by atoms with van der Waals surface area (Å²) in [4.78, 5) is 28.1. The van der Waals surface area contributed by atoms with Crippen LogP contribution in [0.2, 0.25) is 0 Å². The van der Waals surface area contributed by atoms with Crippen molar-refractivity contribution in [2.24, 2.45) is 0 Å². The summed E-state index contributed by atoms with van der Waals surface area (Å²) in [5.41, 5.74) is 2.06. The van der Waals surface area contributed by atoms with Gasteiger partial charge in [-0.15, -0.1) is 6.58 Å². The highest BCUT2D eigenvalue weighted by Gasteiger charge is 2.28. The van der Waals surface area contributed by atoms with Crippen LogP contribution in [0.4, 0.5) is 4.79 Å². The molecule has 2 aromatic heterocycles. The monoisotopic (exact) mass is 409 g/mol. The normalized spacial score (nSPS) is 14.8. The molecule has 0 N–H and O–H groups in total. The second-order valence-corrected chi connectivity index (χ2v) is 6.49. The molecule has 0 atom stereocenters. The Bertz CT molecular complexity index is 802. The second kappa shape index (κ2) is 7.35. The molecule has 3 heterocycles. The second-order valence-electron chi connectivity index (χ2n) is 5.71. The fraction of sp³-hybridized carbons (Fsp3) is 0.412. The number of carbonyl (C=O) groups is 2. The van der Waals surface area contributed by atoms with Gasteiger partial charge in [0, 0.05) is 44.9 Å². The number of rotatable bonds is 4. The van der Waals surface area contributed by atoms with Crippen molar-refractivity contribution >= 4 is 39.0 Å². The van der Waals surface area contributed by atoms with Gasteiger partial charge in [-0.05, 0) is 22.9 Å². The zero-order chi connectivity index (χ0) is 18.0. The maximum absolute atomic E-state index is 12.9. The summed E-state index contributed by atoms with van der Waals surface area (Å²) in [7, 11) is 0. The van der Waals surface area contributed by atoms with E-state index in [0.717, 1.165) is 5.52 Å². The molecular formula is C17H20BrN3O4. The lowest BCUT2D eigenvalue weighted by molar-refractivity contribution is 0.0563. The number of aromatic nitrogens is 1. The summed E-state index contributed by atoms with van der Waals surface area (Å²) in [5.74, 6) is -0.0760. The summed E-state index contributed by atoms with van der Waals surface area (Å²) < 4.78 is 13.1. The molecule has 0 saturated carbocycles. The number of furan rings is 1. The van der Waals surface area contributed by atoms with Crippen LogP contribution in [0.1, 0.15) is 17.4 Å². The van der Waals surface area contributed by atoms with Crippen LogP contribution in [0.5, 0.6) is 0 Å². The zero-order valence-electron chi connectivity index (χ0n) is 14.0. The lowest BCUT2D eigenvalue weighted by Gasteiger charge is -2.34. The molecule has 0 radical (unpaired) electrons. The number of hydrogen-bond acceptors (Lipinski definition) is 4. The van der Waals surface area contributed by atoms with Crippen LogP contribution < -0.4 is 0 Å². The van der Waals surface area contributed by atoms with Crippen molar-refractivity contribution in [2.45, 2.75) is 13.5 Å². The summed E-state index contributed by atoms with van der Waals surface area (Å²) in [5, 5.41) is 0. The van der Waals surface area contributed by atoms with Crippen molar-refractivity contribution in [3.63, 3.8) is 0 Å². The number of piperazine rings is 1. The van der Waals surface area contributed by atoms with Crippen LogP contribution in [-0.4, -0.2) is 59.2 Å². The Balaban J connectivity index is 1.76. The Morgan fingerprint density at radius 2 is 1.96 bits per heavy atom. The molecule has 1 aliphatic rings. The number of amides is 2. The molecule has 25 heavy (non-hydrogen) atoms. The summed E-state index contributed by atoms with van der Waals surface area (Å²) in [6.45, 7) is 8.28. The SMILES string of the molecule is C=CCn1c(C(=O)N2CCN(C(=O)OCC)CC2)cc2oc(Br)cc21. The number of fused-ring (bicyclic) bond motifs is 1. The van der Waals surface area contributed by atoms with E-state index in [0.29, 0.717) is 55.3 Å². The number of allylic oxidation sites excluding steroid dienone is 1. The fourth-order valence-corrected chi connectivity index (χ4v) is 3.37. The summed E-state index contributed by atoms with van der Waals surface area (Å²) in [6.07, 6.45) is 1.42. The van der Waals surface area contributed by atoms with E-state index in [2.05, 4.69) is 22.5 Å². The molecule has 2 amide bonds. The van der Waals surface area contributed by atoms with Crippen LogP contribution in [0.15, 0.2) is 33.9 Å². The zero-order valence-corrected chi connectivity index (χ0v) is 15.6. The first-order valence-corrected chi connectivity index (χ1v) is 8.95. The number of nitrogens with zero attached hydrogens (tertiary/aromatic N) is 3. The average Bonchev–Trinajstić information content (AvgIpc) is 3.12. The van der Waals surface area contributed by atoms with E-state index in [4.69, 9.17) is 9.15 Å². The van der Waals surface area contributed by atoms with Gasteiger partial charge in [0.25, 0.3) is 5.91 Å². The Hall–Kier alpha value is -2.22. The van der Waals surface area contributed by atoms with E-state index in [1.165, 1.54) is 0 Å². The smallest absolute Gasteiger partial charge is 0.409 e. The standard InChI is InChI=1S/C17H20BrN3O4/c1-3-5-21-12-11-15(18)25-14(12)10-13(21)16(22)19-6-8-20(9-7-19)17(23)24-4-2/h3,10-11H,1,4-9H2,2H3. The molecule has 0 aliphatic carbocycles.